The van der Waals surface area contributed by atoms with Crippen LogP contribution in [0.2, 0.25) is 0 Å². The number of ether oxygens (including phenoxy) is 1. The van der Waals surface area contributed by atoms with E-state index in [-0.39, 0.29) is 11.9 Å². The molecule has 0 aliphatic heterocycles. The first-order valence-corrected chi connectivity index (χ1v) is 5.34. The van der Waals surface area contributed by atoms with Crippen LogP contribution in [0.15, 0.2) is 0 Å². The van der Waals surface area contributed by atoms with Gasteiger partial charge in [-0.05, 0) is 20.3 Å². The Morgan fingerprint density at radius 1 is 1.23 bits per heavy atom. The number of carbonyl (C=O) groups excluding carboxylic acids is 1. The predicted octanol–water partition coefficient (Wildman–Crippen LogP) is 2.95. The molecule has 0 amide bonds. The summed E-state index contributed by atoms with van der Waals surface area (Å²) in [6, 6.07) is 0. The molecule has 78 valence electrons. The van der Waals surface area contributed by atoms with E-state index < -0.39 is 0 Å². The number of ketones is 1. The smallest absolute Gasteiger partial charge is 0.158 e. The largest absolute Gasteiger partial charge is 0.371 e. The summed E-state index contributed by atoms with van der Waals surface area (Å²) in [4.78, 5) is 11.1. The lowest BCUT2D eigenvalue weighted by molar-refractivity contribution is -0.128. The molecule has 0 fully saturated rings. The molecule has 2 nitrogen and oxygen atoms in total. The van der Waals surface area contributed by atoms with E-state index in [2.05, 4.69) is 6.92 Å². The van der Waals surface area contributed by atoms with Gasteiger partial charge in [0.1, 0.15) is 6.10 Å². The standard InChI is InChI=1S/C11H22O2/c1-4-6-7-8-9-11(10(3)12)13-5-2/h11H,4-9H2,1-3H3. The summed E-state index contributed by atoms with van der Waals surface area (Å²) in [5.41, 5.74) is 0. The fourth-order valence-corrected chi connectivity index (χ4v) is 1.36. The van der Waals surface area contributed by atoms with Gasteiger partial charge < -0.3 is 4.74 Å². The lowest BCUT2D eigenvalue weighted by Gasteiger charge is -2.12. The summed E-state index contributed by atoms with van der Waals surface area (Å²) in [5, 5.41) is 0. The molecule has 0 saturated carbocycles. The van der Waals surface area contributed by atoms with E-state index in [4.69, 9.17) is 4.74 Å². The topological polar surface area (TPSA) is 26.3 Å². The van der Waals surface area contributed by atoms with Crippen LogP contribution < -0.4 is 0 Å². The fraction of sp³-hybridized carbons (Fsp3) is 0.909. The maximum Gasteiger partial charge on any atom is 0.158 e. The van der Waals surface area contributed by atoms with Gasteiger partial charge >= 0.3 is 0 Å². The molecule has 0 saturated heterocycles. The third-order valence-electron chi connectivity index (χ3n) is 2.14. The van der Waals surface area contributed by atoms with Crippen molar-refractivity contribution in [3.8, 4) is 0 Å². The van der Waals surface area contributed by atoms with Crippen molar-refractivity contribution in [2.45, 2.75) is 59.0 Å². The van der Waals surface area contributed by atoms with Crippen molar-refractivity contribution in [3.63, 3.8) is 0 Å². The minimum Gasteiger partial charge on any atom is -0.371 e. The zero-order chi connectivity index (χ0) is 10.1. The van der Waals surface area contributed by atoms with Gasteiger partial charge in [-0.1, -0.05) is 32.6 Å². The molecule has 0 aromatic rings. The maximum atomic E-state index is 11.1. The van der Waals surface area contributed by atoms with Gasteiger partial charge in [0.05, 0.1) is 0 Å². The van der Waals surface area contributed by atoms with Crippen LogP contribution >= 0.6 is 0 Å². The SMILES string of the molecule is CCCCCCC(OCC)C(C)=O. The molecule has 1 atom stereocenters. The molecule has 0 bridgehead atoms. The van der Waals surface area contributed by atoms with Crippen LogP contribution in [0.25, 0.3) is 0 Å². The van der Waals surface area contributed by atoms with Crippen molar-refractivity contribution in [3.05, 3.63) is 0 Å². The van der Waals surface area contributed by atoms with E-state index in [9.17, 15) is 4.79 Å². The number of Topliss-reactive ketones (excluding diaryl/α,β-unsaturated/α-hetero) is 1. The second-order valence-electron chi connectivity index (χ2n) is 3.40. The third kappa shape index (κ3) is 6.76. The minimum absolute atomic E-state index is 0.151. The van der Waals surface area contributed by atoms with Crippen LogP contribution in [0.4, 0.5) is 0 Å². The molecule has 1 unspecified atom stereocenters. The van der Waals surface area contributed by atoms with Gasteiger partial charge in [0.2, 0.25) is 0 Å². The number of carbonyl (C=O) groups is 1. The Labute approximate surface area is 81.7 Å². The second kappa shape index (κ2) is 8.24. The lowest BCUT2D eigenvalue weighted by Crippen LogP contribution is -2.21. The highest BCUT2D eigenvalue weighted by atomic mass is 16.5. The Kier molecular flexibility index (Phi) is 8.00. The van der Waals surface area contributed by atoms with Crippen LogP contribution in [0, 0.1) is 0 Å². The molecule has 13 heavy (non-hydrogen) atoms. The number of hydrogen-bond acceptors (Lipinski definition) is 2. The lowest BCUT2D eigenvalue weighted by atomic mass is 10.1. The predicted molar refractivity (Wildman–Crippen MR) is 54.9 cm³/mol. The zero-order valence-electron chi connectivity index (χ0n) is 9.14. The van der Waals surface area contributed by atoms with Crippen LogP contribution in [0.3, 0.4) is 0 Å². The monoisotopic (exact) mass is 186 g/mol. The first-order chi connectivity index (χ1) is 6.22. The highest BCUT2D eigenvalue weighted by Crippen LogP contribution is 2.08. The van der Waals surface area contributed by atoms with Crippen molar-refractivity contribution < 1.29 is 9.53 Å². The van der Waals surface area contributed by atoms with Crippen molar-refractivity contribution in [1.82, 2.24) is 0 Å². The normalized spacial score (nSPS) is 12.8. The van der Waals surface area contributed by atoms with E-state index in [1.165, 1.54) is 19.3 Å². The first kappa shape index (κ1) is 12.6. The van der Waals surface area contributed by atoms with Gasteiger partial charge in [0, 0.05) is 6.61 Å². The number of unbranched alkanes of at least 4 members (excludes halogenated alkanes) is 3. The average molecular weight is 186 g/mol. The highest BCUT2D eigenvalue weighted by molar-refractivity contribution is 5.80. The summed E-state index contributed by atoms with van der Waals surface area (Å²) < 4.78 is 5.33. The molecule has 0 spiro atoms. The van der Waals surface area contributed by atoms with Gasteiger partial charge in [0.15, 0.2) is 5.78 Å². The average Bonchev–Trinajstić information content (AvgIpc) is 2.10. The van der Waals surface area contributed by atoms with Gasteiger partial charge in [0.25, 0.3) is 0 Å². The van der Waals surface area contributed by atoms with Crippen LogP contribution in [0.5, 0.6) is 0 Å². The molecular formula is C11H22O2. The van der Waals surface area contributed by atoms with Crippen LogP contribution in [-0.2, 0) is 9.53 Å². The van der Waals surface area contributed by atoms with Crippen LogP contribution in [-0.4, -0.2) is 18.5 Å². The summed E-state index contributed by atoms with van der Waals surface area (Å²) in [5.74, 6) is 0.165. The van der Waals surface area contributed by atoms with Gasteiger partial charge in [-0.2, -0.15) is 0 Å². The number of rotatable bonds is 8. The molecule has 0 aromatic heterocycles. The molecule has 2 heteroatoms. The summed E-state index contributed by atoms with van der Waals surface area (Å²) >= 11 is 0. The summed E-state index contributed by atoms with van der Waals surface area (Å²) in [6.45, 7) is 6.37. The van der Waals surface area contributed by atoms with E-state index in [1.54, 1.807) is 6.92 Å². The van der Waals surface area contributed by atoms with E-state index in [0.717, 1.165) is 12.8 Å². The third-order valence-corrected chi connectivity index (χ3v) is 2.14. The molecule has 0 radical (unpaired) electrons. The van der Waals surface area contributed by atoms with Crippen LogP contribution in [0.1, 0.15) is 52.9 Å². The van der Waals surface area contributed by atoms with Crippen molar-refractivity contribution >= 4 is 5.78 Å². The molecule has 0 aromatic carbocycles. The quantitative estimate of drug-likeness (QED) is 0.545. The Morgan fingerprint density at radius 2 is 1.92 bits per heavy atom. The van der Waals surface area contributed by atoms with Crippen molar-refractivity contribution in [2.24, 2.45) is 0 Å². The fourth-order valence-electron chi connectivity index (χ4n) is 1.36. The Morgan fingerprint density at radius 3 is 2.38 bits per heavy atom. The minimum atomic E-state index is -0.151. The Bertz CT molecular complexity index is 132. The molecular weight excluding hydrogens is 164 g/mol. The molecule has 0 aliphatic carbocycles. The van der Waals surface area contributed by atoms with Gasteiger partial charge in [-0.15, -0.1) is 0 Å². The highest BCUT2D eigenvalue weighted by Gasteiger charge is 2.12. The zero-order valence-corrected chi connectivity index (χ0v) is 9.14. The summed E-state index contributed by atoms with van der Waals surface area (Å²) in [7, 11) is 0. The Hall–Kier alpha value is -0.370. The van der Waals surface area contributed by atoms with Gasteiger partial charge in [-0.3, -0.25) is 4.79 Å². The van der Waals surface area contributed by atoms with E-state index >= 15 is 0 Å². The Balaban J connectivity index is 3.51. The van der Waals surface area contributed by atoms with Gasteiger partial charge in [-0.25, -0.2) is 0 Å². The maximum absolute atomic E-state index is 11.1. The number of hydrogen-bond donors (Lipinski definition) is 0. The second-order valence-corrected chi connectivity index (χ2v) is 3.40. The van der Waals surface area contributed by atoms with E-state index in [1.807, 2.05) is 6.92 Å². The summed E-state index contributed by atoms with van der Waals surface area (Å²) in [6.07, 6.45) is 5.56. The molecule has 0 heterocycles. The first-order valence-electron chi connectivity index (χ1n) is 5.34. The molecule has 0 aliphatic rings. The van der Waals surface area contributed by atoms with Crippen molar-refractivity contribution in [1.29, 1.82) is 0 Å². The van der Waals surface area contributed by atoms with E-state index in [0.29, 0.717) is 6.61 Å². The van der Waals surface area contributed by atoms with Crippen molar-refractivity contribution in [2.75, 3.05) is 6.61 Å². The molecule has 0 rings (SSSR count). The molecule has 0 N–H and O–H groups in total.